The third-order valence-electron chi connectivity index (χ3n) is 5.88. The van der Waals surface area contributed by atoms with E-state index in [0.29, 0.717) is 22.6 Å². The Morgan fingerprint density at radius 3 is 2.45 bits per heavy atom. The molecule has 1 aromatic carbocycles. The van der Waals surface area contributed by atoms with E-state index in [1.54, 1.807) is 0 Å². The van der Waals surface area contributed by atoms with Crippen LogP contribution in [0.1, 0.15) is 57.9 Å². The van der Waals surface area contributed by atoms with E-state index in [-0.39, 0.29) is 29.5 Å². The molecule has 10 heteroatoms. The molecule has 2 aliphatic rings. The van der Waals surface area contributed by atoms with Crippen LogP contribution in [0, 0.1) is 0 Å². The zero-order chi connectivity index (χ0) is 22.6. The lowest BCUT2D eigenvalue weighted by molar-refractivity contribution is -0.137. The highest BCUT2D eigenvalue weighted by Crippen LogP contribution is 2.44. The van der Waals surface area contributed by atoms with E-state index < -0.39 is 27.5 Å². The molecule has 0 spiro atoms. The van der Waals surface area contributed by atoms with Crippen molar-refractivity contribution in [2.24, 2.45) is 0 Å². The third-order valence-corrected chi connectivity index (χ3v) is 6.98. The summed E-state index contributed by atoms with van der Waals surface area (Å²) in [5.74, 6) is -0.0372. The fourth-order valence-electron chi connectivity index (χ4n) is 4.01. The molecule has 0 bridgehead atoms. The number of alkyl halides is 3. The van der Waals surface area contributed by atoms with Crippen molar-refractivity contribution in [3.63, 3.8) is 0 Å². The first kappa shape index (κ1) is 21.6. The molecule has 0 N–H and O–H groups in total. The number of rotatable bonds is 4. The van der Waals surface area contributed by atoms with Gasteiger partial charge in [0.05, 0.1) is 29.8 Å². The lowest BCUT2D eigenvalue weighted by Gasteiger charge is -2.30. The van der Waals surface area contributed by atoms with Crippen molar-refractivity contribution in [2.75, 3.05) is 13.4 Å². The fourth-order valence-corrected chi connectivity index (χ4v) is 4.66. The van der Waals surface area contributed by atoms with Crippen LogP contribution in [-0.2, 0) is 29.1 Å². The third kappa shape index (κ3) is 4.00. The highest BCUT2D eigenvalue weighted by Gasteiger charge is 2.36. The van der Waals surface area contributed by atoms with Gasteiger partial charge < -0.3 is 9.64 Å². The van der Waals surface area contributed by atoms with Gasteiger partial charge in [-0.1, -0.05) is 6.42 Å². The van der Waals surface area contributed by atoms with Crippen molar-refractivity contribution in [2.45, 2.75) is 49.3 Å². The second kappa shape index (κ2) is 7.51. The number of carbonyl (C=O) groups is 1. The van der Waals surface area contributed by atoms with Crippen LogP contribution in [-0.4, -0.2) is 37.6 Å². The molecule has 1 saturated carbocycles. The molecule has 0 saturated heterocycles. The molecule has 1 aliphatic heterocycles. The minimum atomic E-state index is -4.52. The lowest BCUT2D eigenvalue weighted by atomic mass is 9.77. The van der Waals surface area contributed by atoms with Gasteiger partial charge in [-0.3, -0.25) is 9.78 Å². The highest BCUT2D eigenvalue weighted by atomic mass is 32.2. The minimum absolute atomic E-state index is 0.0272. The number of carbonyl (C=O) groups excluding carboxylic acids is 1. The van der Waals surface area contributed by atoms with Crippen LogP contribution in [0.4, 0.5) is 13.2 Å². The average Bonchev–Trinajstić information content (AvgIpc) is 3.08. The largest absolute Gasteiger partial charge is 0.496 e. The van der Waals surface area contributed by atoms with Crippen molar-refractivity contribution in [1.82, 2.24) is 9.88 Å². The Bertz CT molecular complexity index is 1160. The molecule has 6 nitrogen and oxygen atoms in total. The summed E-state index contributed by atoms with van der Waals surface area (Å²) in [7, 11) is -2.19. The number of halogens is 3. The molecule has 2 aromatic rings. The van der Waals surface area contributed by atoms with Crippen molar-refractivity contribution in [3.05, 3.63) is 52.3 Å². The first-order chi connectivity index (χ1) is 14.5. The Labute approximate surface area is 178 Å². The van der Waals surface area contributed by atoms with E-state index >= 15 is 0 Å². The Morgan fingerprint density at radius 1 is 1.19 bits per heavy atom. The van der Waals surface area contributed by atoms with Gasteiger partial charge >= 0.3 is 6.18 Å². The standard InChI is InChI=1S/C21H21F3N2O4S/c1-30-18-8-15(31(2,28)29)7-16(19(18)12-4-3-5-12)20(27)26-10-13-6-14(21(22,23)24)9-25-17(13)11-26/h6-9,12H,3-5,10-11H2,1-2H3. The van der Waals surface area contributed by atoms with Gasteiger partial charge in [-0.05, 0) is 42.5 Å². The molecular weight excluding hydrogens is 433 g/mol. The SMILES string of the molecule is COc1cc(S(C)(=O)=O)cc(C(=O)N2Cc3cc(C(F)(F)F)cnc3C2)c1C1CCC1. The van der Waals surface area contributed by atoms with Gasteiger partial charge in [-0.25, -0.2) is 8.42 Å². The van der Waals surface area contributed by atoms with Gasteiger partial charge in [0.25, 0.3) is 5.91 Å². The number of ether oxygens (including phenoxy) is 1. The number of pyridine rings is 1. The highest BCUT2D eigenvalue weighted by molar-refractivity contribution is 7.90. The monoisotopic (exact) mass is 454 g/mol. The van der Waals surface area contributed by atoms with Crippen LogP contribution in [0.5, 0.6) is 5.75 Å². The summed E-state index contributed by atoms with van der Waals surface area (Å²) in [6, 6.07) is 3.79. The Hall–Kier alpha value is -2.62. The van der Waals surface area contributed by atoms with Crippen LogP contribution in [0.2, 0.25) is 0 Å². The smallest absolute Gasteiger partial charge is 0.417 e. The van der Waals surface area contributed by atoms with E-state index in [1.807, 2.05) is 0 Å². The first-order valence-corrected chi connectivity index (χ1v) is 11.6. The van der Waals surface area contributed by atoms with E-state index in [4.69, 9.17) is 4.74 Å². The quantitative estimate of drug-likeness (QED) is 0.700. The number of methoxy groups -OCH3 is 1. The van der Waals surface area contributed by atoms with E-state index in [2.05, 4.69) is 4.98 Å². The number of hydrogen-bond acceptors (Lipinski definition) is 5. The number of fused-ring (bicyclic) bond motifs is 1. The summed E-state index contributed by atoms with van der Waals surface area (Å²) < 4.78 is 68.8. The number of hydrogen-bond donors (Lipinski definition) is 0. The van der Waals surface area contributed by atoms with E-state index in [9.17, 15) is 26.4 Å². The van der Waals surface area contributed by atoms with Gasteiger partial charge in [0.15, 0.2) is 9.84 Å². The minimum Gasteiger partial charge on any atom is -0.496 e. The summed E-state index contributed by atoms with van der Waals surface area (Å²) in [5.41, 5.74) is 0.744. The molecule has 166 valence electrons. The maximum Gasteiger partial charge on any atom is 0.417 e. The topological polar surface area (TPSA) is 76.6 Å². The van der Waals surface area contributed by atoms with Gasteiger partial charge in [0, 0.05) is 30.1 Å². The molecule has 1 aliphatic carbocycles. The van der Waals surface area contributed by atoms with E-state index in [1.165, 1.54) is 24.1 Å². The average molecular weight is 454 g/mol. The molecule has 1 fully saturated rings. The maximum absolute atomic E-state index is 13.4. The van der Waals surface area contributed by atoms with Crippen LogP contribution < -0.4 is 4.74 Å². The summed E-state index contributed by atoms with van der Waals surface area (Å²) >= 11 is 0. The summed E-state index contributed by atoms with van der Waals surface area (Å²) in [6.45, 7) is 0.0302. The van der Waals surface area contributed by atoms with Crippen molar-refractivity contribution < 1.29 is 31.1 Å². The second-order valence-electron chi connectivity index (χ2n) is 7.98. The molecule has 1 amide bonds. The summed E-state index contributed by atoms with van der Waals surface area (Å²) in [6.07, 6.45) is -0.00691. The van der Waals surface area contributed by atoms with Gasteiger partial charge in [0.2, 0.25) is 0 Å². The molecule has 4 rings (SSSR count). The number of benzene rings is 1. The molecule has 1 aromatic heterocycles. The van der Waals surface area contributed by atoms with Crippen molar-refractivity contribution in [1.29, 1.82) is 0 Å². The van der Waals surface area contributed by atoms with Crippen LogP contribution in [0.15, 0.2) is 29.3 Å². The first-order valence-electron chi connectivity index (χ1n) is 9.75. The zero-order valence-electron chi connectivity index (χ0n) is 17.0. The molecule has 0 atom stereocenters. The predicted octanol–water partition coefficient (Wildman–Crippen LogP) is 3.94. The van der Waals surface area contributed by atoms with Gasteiger partial charge in [0.1, 0.15) is 5.75 Å². The van der Waals surface area contributed by atoms with Crippen LogP contribution in [0.3, 0.4) is 0 Å². The van der Waals surface area contributed by atoms with Gasteiger partial charge in [-0.2, -0.15) is 13.2 Å². The fraction of sp³-hybridized carbons (Fsp3) is 0.429. The molecular formula is C21H21F3N2O4S. The van der Waals surface area contributed by atoms with Crippen molar-refractivity contribution in [3.8, 4) is 5.75 Å². The number of amides is 1. The Balaban J connectivity index is 1.74. The van der Waals surface area contributed by atoms with Gasteiger partial charge in [-0.15, -0.1) is 0 Å². The molecule has 2 heterocycles. The Morgan fingerprint density at radius 2 is 1.90 bits per heavy atom. The number of sulfone groups is 1. The lowest BCUT2D eigenvalue weighted by Crippen LogP contribution is -2.28. The van der Waals surface area contributed by atoms with Crippen molar-refractivity contribution >= 4 is 15.7 Å². The predicted molar refractivity (Wildman–Crippen MR) is 106 cm³/mol. The molecule has 31 heavy (non-hydrogen) atoms. The number of nitrogens with zero attached hydrogens (tertiary/aromatic N) is 2. The molecule has 0 radical (unpaired) electrons. The van der Waals surface area contributed by atoms with Crippen LogP contribution in [0.25, 0.3) is 0 Å². The van der Waals surface area contributed by atoms with Crippen LogP contribution >= 0.6 is 0 Å². The summed E-state index contributed by atoms with van der Waals surface area (Å²) in [4.78, 5) is 18.7. The maximum atomic E-state index is 13.4. The zero-order valence-corrected chi connectivity index (χ0v) is 17.8. The molecule has 0 unspecified atom stereocenters. The second-order valence-corrected chi connectivity index (χ2v) is 9.99. The van der Waals surface area contributed by atoms with E-state index in [0.717, 1.165) is 37.8 Å². The number of aromatic nitrogens is 1. The normalized spacial score (nSPS) is 16.7. The summed E-state index contributed by atoms with van der Waals surface area (Å²) in [5, 5.41) is 0. The Kier molecular flexibility index (Phi) is 5.23.